The van der Waals surface area contributed by atoms with Gasteiger partial charge in [-0.3, -0.25) is 4.72 Å². The molecule has 2 aromatic rings. The zero-order chi connectivity index (χ0) is 15.6. The van der Waals surface area contributed by atoms with Crippen molar-refractivity contribution in [3.8, 4) is 0 Å². The molecule has 0 radical (unpaired) electrons. The zero-order valence-corrected chi connectivity index (χ0v) is 14.0. The number of rotatable bonds is 4. The first-order chi connectivity index (χ1) is 9.85. The average Bonchev–Trinajstić information content (AvgIpc) is 2.42. The molecule has 2 rings (SSSR count). The van der Waals surface area contributed by atoms with Crippen LogP contribution in [0.4, 0.5) is 5.82 Å². The number of aromatic nitrogens is 1. The van der Waals surface area contributed by atoms with Crippen LogP contribution in [-0.4, -0.2) is 18.5 Å². The second-order valence-corrected chi connectivity index (χ2v) is 7.13. The highest BCUT2D eigenvalue weighted by molar-refractivity contribution is 9.10. The van der Waals surface area contributed by atoms with Crippen molar-refractivity contribution < 1.29 is 13.5 Å². The van der Waals surface area contributed by atoms with Crippen molar-refractivity contribution in [2.45, 2.75) is 25.3 Å². The fourth-order valence-electron chi connectivity index (χ4n) is 1.91. The Labute approximate surface area is 132 Å². The molecule has 0 saturated carbocycles. The van der Waals surface area contributed by atoms with Crippen molar-refractivity contribution in [2.75, 3.05) is 4.72 Å². The van der Waals surface area contributed by atoms with Crippen molar-refractivity contribution >= 4 is 31.8 Å². The Balaban J connectivity index is 2.41. The summed E-state index contributed by atoms with van der Waals surface area (Å²) in [5.74, 6) is 0.254. The lowest BCUT2D eigenvalue weighted by atomic mass is 10.1. The van der Waals surface area contributed by atoms with Gasteiger partial charge < -0.3 is 5.11 Å². The molecule has 0 saturated heterocycles. The molecule has 0 fully saturated rings. The highest BCUT2D eigenvalue weighted by atomic mass is 79.9. The third-order valence-electron chi connectivity index (χ3n) is 3.14. The summed E-state index contributed by atoms with van der Waals surface area (Å²) in [6.07, 6.45) is 1.55. The van der Waals surface area contributed by atoms with Gasteiger partial charge in [-0.1, -0.05) is 12.1 Å². The SMILES string of the molecule is Cc1cc(NS(=O)(=O)c2cccc(CO)c2C)ncc1Br. The summed E-state index contributed by atoms with van der Waals surface area (Å²) < 4.78 is 28.1. The third kappa shape index (κ3) is 3.42. The van der Waals surface area contributed by atoms with E-state index in [-0.39, 0.29) is 17.3 Å². The Morgan fingerprint density at radius 1 is 1.33 bits per heavy atom. The van der Waals surface area contributed by atoms with Crippen LogP contribution in [0.5, 0.6) is 0 Å². The number of halogens is 1. The van der Waals surface area contributed by atoms with Crippen LogP contribution in [0.3, 0.4) is 0 Å². The van der Waals surface area contributed by atoms with E-state index in [2.05, 4.69) is 25.6 Å². The van der Waals surface area contributed by atoms with Gasteiger partial charge in [0.1, 0.15) is 5.82 Å². The van der Waals surface area contributed by atoms with Crippen molar-refractivity contribution in [1.82, 2.24) is 4.98 Å². The van der Waals surface area contributed by atoms with Crippen molar-refractivity contribution in [3.05, 3.63) is 51.6 Å². The number of aliphatic hydroxyl groups excluding tert-OH is 1. The molecule has 1 aromatic carbocycles. The van der Waals surface area contributed by atoms with Gasteiger partial charge >= 0.3 is 0 Å². The molecule has 0 aliphatic heterocycles. The fourth-order valence-corrected chi connectivity index (χ4v) is 3.42. The van der Waals surface area contributed by atoms with Crippen LogP contribution >= 0.6 is 15.9 Å². The fraction of sp³-hybridized carbons (Fsp3) is 0.214. The maximum atomic E-state index is 12.4. The van der Waals surface area contributed by atoms with E-state index in [1.54, 1.807) is 31.3 Å². The first-order valence-electron chi connectivity index (χ1n) is 6.19. The zero-order valence-electron chi connectivity index (χ0n) is 11.6. The number of aliphatic hydroxyl groups is 1. The quantitative estimate of drug-likeness (QED) is 0.866. The molecule has 0 atom stereocenters. The van der Waals surface area contributed by atoms with Crippen LogP contribution in [0, 0.1) is 13.8 Å². The van der Waals surface area contributed by atoms with Crippen LogP contribution in [0.2, 0.25) is 0 Å². The second-order valence-electron chi connectivity index (χ2n) is 4.62. The van der Waals surface area contributed by atoms with Gasteiger partial charge in [-0.2, -0.15) is 0 Å². The predicted molar refractivity (Wildman–Crippen MR) is 84.6 cm³/mol. The molecule has 1 heterocycles. The second kappa shape index (κ2) is 6.13. The topological polar surface area (TPSA) is 79.3 Å². The number of nitrogens with one attached hydrogen (secondary N) is 1. The molecule has 1 aromatic heterocycles. The summed E-state index contributed by atoms with van der Waals surface area (Å²) in [4.78, 5) is 4.17. The molecule has 0 unspecified atom stereocenters. The minimum atomic E-state index is -3.75. The summed E-state index contributed by atoms with van der Waals surface area (Å²) in [7, 11) is -3.75. The Morgan fingerprint density at radius 3 is 2.67 bits per heavy atom. The lowest BCUT2D eigenvalue weighted by molar-refractivity contribution is 0.280. The van der Waals surface area contributed by atoms with Gasteiger partial charge in [-0.05, 0) is 58.6 Å². The van der Waals surface area contributed by atoms with Gasteiger partial charge in [0.15, 0.2) is 0 Å². The molecule has 0 amide bonds. The smallest absolute Gasteiger partial charge is 0.263 e. The molecule has 2 N–H and O–H groups in total. The van der Waals surface area contributed by atoms with Crippen molar-refractivity contribution in [2.24, 2.45) is 0 Å². The van der Waals surface area contributed by atoms with Crippen LogP contribution in [0.15, 0.2) is 39.8 Å². The van der Waals surface area contributed by atoms with E-state index in [0.29, 0.717) is 11.1 Å². The monoisotopic (exact) mass is 370 g/mol. The van der Waals surface area contributed by atoms with Crippen LogP contribution < -0.4 is 4.72 Å². The Hall–Kier alpha value is -1.44. The van der Waals surface area contributed by atoms with E-state index < -0.39 is 10.0 Å². The minimum Gasteiger partial charge on any atom is -0.392 e. The third-order valence-corrected chi connectivity index (χ3v) is 5.47. The number of hydrogen-bond acceptors (Lipinski definition) is 4. The summed E-state index contributed by atoms with van der Waals surface area (Å²) in [6.45, 7) is 3.31. The minimum absolute atomic E-state index is 0.136. The van der Waals surface area contributed by atoms with Gasteiger partial charge in [0.2, 0.25) is 0 Å². The van der Waals surface area contributed by atoms with Crippen LogP contribution in [0.1, 0.15) is 16.7 Å². The molecule has 5 nitrogen and oxygen atoms in total. The largest absolute Gasteiger partial charge is 0.392 e. The first-order valence-corrected chi connectivity index (χ1v) is 8.47. The summed E-state index contributed by atoms with van der Waals surface area (Å²) in [6, 6.07) is 6.44. The molecule has 0 aliphatic rings. The van der Waals surface area contributed by atoms with E-state index in [1.807, 2.05) is 6.92 Å². The standard InChI is InChI=1S/C14H15BrN2O3S/c1-9-6-14(16-7-12(9)15)17-21(19,20)13-5-3-4-11(8-18)10(13)2/h3-7,18H,8H2,1-2H3,(H,16,17). The molecule has 21 heavy (non-hydrogen) atoms. The van der Waals surface area contributed by atoms with E-state index in [0.717, 1.165) is 10.0 Å². The number of sulfonamides is 1. The molecule has 0 spiro atoms. The molecular weight excluding hydrogens is 356 g/mol. The predicted octanol–water partition coefficient (Wildman–Crippen LogP) is 2.75. The Morgan fingerprint density at radius 2 is 2.05 bits per heavy atom. The van der Waals surface area contributed by atoms with Gasteiger partial charge in [0.25, 0.3) is 10.0 Å². The lowest BCUT2D eigenvalue weighted by Gasteiger charge is -2.12. The maximum Gasteiger partial charge on any atom is 0.263 e. The normalized spacial score (nSPS) is 11.4. The molecular formula is C14H15BrN2O3S. The first kappa shape index (κ1) is 15.9. The van der Waals surface area contributed by atoms with E-state index in [4.69, 9.17) is 0 Å². The van der Waals surface area contributed by atoms with Crippen molar-refractivity contribution in [3.63, 3.8) is 0 Å². The van der Waals surface area contributed by atoms with Crippen LogP contribution in [-0.2, 0) is 16.6 Å². The molecule has 112 valence electrons. The number of aryl methyl sites for hydroxylation is 1. The van der Waals surface area contributed by atoms with E-state index >= 15 is 0 Å². The maximum absolute atomic E-state index is 12.4. The van der Waals surface area contributed by atoms with Gasteiger partial charge in [-0.25, -0.2) is 13.4 Å². The highest BCUT2D eigenvalue weighted by Crippen LogP contribution is 2.23. The number of anilines is 1. The lowest BCUT2D eigenvalue weighted by Crippen LogP contribution is -2.16. The van der Waals surface area contributed by atoms with Crippen LogP contribution in [0.25, 0.3) is 0 Å². The highest BCUT2D eigenvalue weighted by Gasteiger charge is 2.19. The van der Waals surface area contributed by atoms with E-state index in [9.17, 15) is 13.5 Å². The van der Waals surface area contributed by atoms with E-state index in [1.165, 1.54) is 6.07 Å². The Kier molecular flexibility index (Phi) is 4.65. The number of nitrogens with zero attached hydrogens (tertiary/aromatic N) is 1. The molecule has 0 bridgehead atoms. The number of pyridine rings is 1. The molecule has 0 aliphatic carbocycles. The summed E-state index contributed by atoms with van der Waals surface area (Å²) >= 11 is 3.32. The molecule has 7 heteroatoms. The van der Waals surface area contributed by atoms with Gasteiger partial charge in [0.05, 0.1) is 11.5 Å². The van der Waals surface area contributed by atoms with Gasteiger partial charge in [0, 0.05) is 10.7 Å². The van der Waals surface area contributed by atoms with Gasteiger partial charge in [-0.15, -0.1) is 0 Å². The number of hydrogen-bond donors (Lipinski definition) is 2. The Bertz CT molecular complexity index is 776. The van der Waals surface area contributed by atoms with Crippen molar-refractivity contribution in [1.29, 1.82) is 0 Å². The number of benzene rings is 1. The summed E-state index contributed by atoms with van der Waals surface area (Å²) in [5.41, 5.74) is 1.99. The average molecular weight is 371 g/mol. The summed E-state index contributed by atoms with van der Waals surface area (Å²) in [5, 5.41) is 9.23.